The zero-order valence-corrected chi connectivity index (χ0v) is 11.6. The SMILES string of the molecule is O=C1C2CCC1C1([Se]c3ccccc3)C=CC2O1. The molecule has 2 fully saturated rings. The van der Waals surface area contributed by atoms with Crippen molar-refractivity contribution in [1.29, 1.82) is 0 Å². The van der Waals surface area contributed by atoms with Crippen LogP contribution in [0.25, 0.3) is 0 Å². The number of ketones is 1. The van der Waals surface area contributed by atoms with Crippen molar-refractivity contribution in [3.63, 3.8) is 0 Å². The fraction of sp³-hybridized carbons (Fsp3) is 0.400. The molecule has 4 unspecified atom stereocenters. The van der Waals surface area contributed by atoms with Crippen LogP contribution in [0.5, 0.6) is 0 Å². The van der Waals surface area contributed by atoms with Crippen molar-refractivity contribution >= 4 is 25.2 Å². The van der Waals surface area contributed by atoms with Crippen LogP contribution in [-0.4, -0.2) is 31.3 Å². The Bertz CT molecular complexity index is 525. The van der Waals surface area contributed by atoms with Gasteiger partial charge in [0, 0.05) is 0 Å². The zero-order valence-electron chi connectivity index (χ0n) is 9.91. The van der Waals surface area contributed by atoms with Crippen LogP contribution in [0.2, 0.25) is 0 Å². The number of hydrogen-bond acceptors (Lipinski definition) is 2. The molecule has 0 N–H and O–H groups in total. The molecule has 3 aliphatic rings. The second-order valence-electron chi connectivity index (χ2n) is 5.22. The summed E-state index contributed by atoms with van der Waals surface area (Å²) in [5.74, 6) is 0.709. The van der Waals surface area contributed by atoms with Gasteiger partial charge in [0.15, 0.2) is 0 Å². The molecule has 1 aromatic carbocycles. The van der Waals surface area contributed by atoms with E-state index in [2.05, 4.69) is 36.4 Å². The number of fused-ring (bicyclic) bond motifs is 6. The summed E-state index contributed by atoms with van der Waals surface area (Å²) in [5, 5.41) is 0. The van der Waals surface area contributed by atoms with Crippen molar-refractivity contribution in [3.8, 4) is 0 Å². The molecule has 1 saturated carbocycles. The third kappa shape index (κ3) is 1.41. The predicted molar refractivity (Wildman–Crippen MR) is 69.8 cm³/mol. The summed E-state index contributed by atoms with van der Waals surface area (Å²) in [4.78, 5) is 12.3. The Hall–Kier alpha value is -0.891. The van der Waals surface area contributed by atoms with Crippen LogP contribution in [-0.2, 0) is 9.53 Å². The van der Waals surface area contributed by atoms with Crippen LogP contribution < -0.4 is 4.46 Å². The van der Waals surface area contributed by atoms with Crippen molar-refractivity contribution in [2.24, 2.45) is 11.8 Å². The summed E-state index contributed by atoms with van der Waals surface area (Å²) in [5.41, 5.74) is 0. The number of carbonyl (C=O) groups excluding carboxylic acids is 1. The third-order valence-electron chi connectivity index (χ3n) is 4.22. The van der Waals surface area contributed by atoms with E-state index >= 15 is 0 Å². The van der Waals surface area contributed by atoms with E-state index in [1.807, 2.05) is 6.07 Å². The molecule has 3 heteroatoms. The maximum absolute atomic E-state index is 12.3. The molecule has 4 bridgehead atoms. The Labute approximate surface area is 113 Å². The van der Waals surface area contributed by atoms with E-state index < -0.39 is 0 Å². The van der Waals surface area contributed by atoms with Crippen LogP contribution in [0.1, 0.15) is 12.8 Å². The molecule has 1 aromatic rings. The van der Waals surface area contributed by atoms with E-state index in [-0.39, 0.29) is 37.4 Å². The van der Waals surface area contributed by atoms with Crippen molar-refractivity contribution in [1.82, 2.24) is 0 Å². The number of hydrogen-bond donors (Lipinski definition) is 0. The second kappa shape index (κ2) is 3.80. The molecule has 0 aromatic heterocycles. The second-order valence-corrected chi connectivity index (χ2v) is 7.97. The number of ether oxygens (including phenoxy) is 1. The topological polar surface area (TPSA) is 26.3 Å². The zero-order chi connectivity index (χ0) is 12.2. The molecule has 2 nitrogen and oxygen atoms in total. The number of rotatable bonds is 2. The van der Waals surface area contributed by atoms with Gasteiger partial charge >= 0.3 is 112 Å². The Morgan fingerprint density at radius 1 is 1.22 bits per heavy atom. The number of Topliss-reactive ketones (excluding diaryl/α,β-unsaturated/α-hetero) is 1. The molecule has 1 aliphatic carbocycles. The van der Waals surface area contributed by atoms with Gasteiger partial charge in [0.1, 0.15) is 0 Å². The summed E-state index contributed by atoms with van der Waals surface area (Å²) >= 11 is 0.176. The summed E-state index contributed by atoms with van der Waals surface area (Å²) in [7, 11) is 0. The van der Waals surface area contributed by atoms with E-state index in [1.54, 1.807) is 0 Å². The van der Waals surface area contributed by atoms with Crippen LogP contribution in [0.15, 0.2) is 42.5 Å². The fourth-order valence-electron chi connectivity index (χ4n) is 3.35. The van der Waals surface area contributed by atoms with Crippen molar-refractivity contribution in [2.75, 3.05) is 0 Å². The van der Waals surface area contributed by atoms with Crippen molar-refractivity contribution in [2.45, 2.75) is 23.4 Å². The predicted octanol–water partition coefficient (Wildman–Crippen LogP) is 1.28. The quantitative estimate of drug-likeness (QED) is 0.608. The Kier molecular flexibility index (Phi) is 2.32. The Morgan fingerprint density at radius 2 is 2.06 bits per heavy atom. The number of carbonyl (C=O) groups is 1. The first-order chi connectivity index (χ1) is 8.78. The van der Waals surface area contributed by atoms with Gasteiger partial charge in [0.2, 0.25) is 0 Å². The molecule has 4 atom stereocenters. The normalized spacial score (nSPS) is 40.4. The average molecular weight is 305 g/mol. The molecule has 2 heterocycles. The van der Waals surface area contributed by atoms with Gasteiger partial charge in [-0.15, -0.1) is 0 Å². The average Bonchev–Trinajstić information content (AvgIpc) is 2.87. The maximum atomic E-state index is 12.3. The molecule has 92 valence electrons. The first-order valence-corrected chi connectivity index (χ1v) is 8.15. The van der Waals surface area contributed by atoms with E-state index in [0.29, 0.717) is 5.78 Å². The van der Waals surface area contributed by atoms with Gasteiger partial charge in [0.05, 0.1) is 0 Å². The van der Waals surface area contributed by atoms with Gasteiger partial charge in [-0.2, -0.15) is 0 Å². The molecule has 0 amide bonds. The Balaban J connectivity index is 1.71. The molecular formula is C15H14O2Se. The monoisotopic (exact) mass is 306 g/mol. The molecular weight excluding hydrogens is 291 g/mol. The van der Waals surface area contributed by atoms with Gasteiger partial charge < -0.3 is 0 Å². The molecule has 4 rings (SSSR count). The molecule has 18 heavy (non-hydrogen) atoms. The Morgan fingerprint density at radius 3 is 2.89 bits per heavy atom. The first-order valence-electron chi connectivity index (χ1n) is 6.43. The fourth-order valence-corrected chi connectivity index (χ4v) is 6.17. The minimum atomic E-state index is -0.289. The van der Waals surface area contributed by atoms with E-state index in [9.17, 15) is 4.79 Å². The van der Waals surface area contributed by atoms with Crippen LogP contribution in [0.3, 0.4) is 0 Å². The summed E-state index contributed by atoms with van der Waals surface area (Å²) < 4.78 is 7.27. The number of benzene rings is 1. The van der Waals surface area contributed by atoms with Crippen LogP contribution in [0, 0.1) is 11.8 Å². The van der Waals surface area contributed by atoms with Crippen molar-refractivity contribution in [3.05, 3.63) is 42.5 Å². The molecule has 0 spiro atoms. The molecule has 0 radical (unpaired) electrons. The van der Waals surface area contributed by atoms with Gasteiger partial charge in [-0.3, -0.25) is 0 Å². The summed E-state index contributed by atoms with van der Waals surface area (Å²) in [6.45, 7) is 0. The van der Waals surface area contributed by atoms with E-state index in [4.69, 9.17) is 4.74 Å². The third-order valence-corrected chi connectivity index (χ3v) is 7.04. The van der Waals surface area contributed by atoms with Gasteiger partial charge in [-0.25, -0.2) is 0 Å². The minimum absolute atomic E-state index is 0.0573. The van der Waals surface area contributed by atoms with Crippen molar-refractivity contribution < 1.29 is 9.53 Å². The molecule has 1 saturated heterocycles. The van der Waals surface area contributed by atoms with E-state index in [1.165, 1.54) is 4.46 Å². The molecule has 2 aliphatic heterocycles. The van der Waals surface area contributed by atoms with Gasteiger partial charge in [-0.05, 0) is 0 Å². The van der Waals surface area contributed by atoms with Crippen LogP contribution in [0.4, 0.5) is 0 Å². The first kappa shape index (κ1) is 11.0. The van der Waals surface area contributed by atoms with Crippen LogP contribution >= 0.6 is 0 Å². The summed E-state index contributed by atoms with van der Waals surface area (Å²) in [6.07, 6.45) is 6.41. The standard InChI is InChI=1S/C15H14O2Se/c16-14-11-6-7-12(14)15(9-8-13(11)17-15)18-10-4-2-1-3-5-10/h1-5,8-9,11-13H,6-7H2. The van der Waals surface area contributed by atoms with Gasteiger partial charge in [-0.1, -0.05) is 0 Å². The van der Waals surface area contributed by atoms with E-state index in [0.717, 1.165) is 12.8 Å². The van der Waals surface area contributed by atoms with Gasteiger partial charge in [0.25, 0.3) is 0 Å². The summed E-state index contributed by atoms with van der Waals surface area (Å²) in [6, 6.07) is 10.4.